The Hall–Kier alpha value is -2.65. The molecule has 1 aromatic carbocycles. The lowest BCUT2D eigenvalue weighted by molar-refractivity contribution is -0.113. The molecule has 0 unspecified atom stereocenters. The van der Waals surface area contributed by atoms with Gasteiger partial charge in [0.15, 0.2) is 5.65 Å². The third-order valence-corrected chi connectivity index (χ3v) is 4.43. The van der Waals surface area contributed by atoms with E-state index in [-0.39, 0.29) is 18.3 Å². The predicted octanol–water partition coefficient (Wildman–Crippen LogP) is 1.56. The number of amides is 1. The van der Waals surface area contributed by atoms with Crippen LogP contribution in [-0.4, -0.2) is 50.2 Å². The average Bonchev–Trinajstić information content (AvgIpc) is 3.05. The number of aliphatic hydroxyl groups excluding tert-OH is 1. The number of carbonyl (C=O) groups is 1. The molecule has 3 rings (SSSR count). The highest BCUT2D eigenvalue weighted by Crippen LogP contribution is 2.24. The molecule has 2 N–H and O–H groups in total. The van der Waals surface area contributed by atoms with Crippen molar-refractivity contribution in [2.75, 3.05) is 24.8 Å². The number of aliphatic hydroxyl groups is 1. The quantitative estimate of drug-likeness (QED) is 0.487. The predicted molar refractivity (Wildman–Crippen MR) is 94.8 cm³/mol. The summed E-state index contributed by atoms with van der Waals surface area (Å²) in [6.07, 6.45) is 3.08. The van der Waals surface area contributed by atoms with Crippen molar-refractivity contribution in [3.63, 3.8) is 0 Å². The number of benzene rings is 1. The van der Waals surface area contributed by atoms with E-state index < -0.39 is 0 Å². The fraction of sp³-hybridized carbons (Fsp3) is 0.250. The van der Waals surface area contributed by atoms with Crippen molar-refractivity contribution in [1.29, 1.82) is 0 Å². The topological polar surface area (TPSA) is 102 Å². The Morgan fingerprint density at radius 1 is 1.32 bits per heavy atom. The number of rotatable bonds is 7. The van der Waals surface area contributed by atoms with Gasteiger partial charge in [-0.25, -0.2) is 14.6 Å². The van der Waals surface area contributed by atoms with Gasteiger partial charge < -0.3 is 15.2 Å². The molecule has 0 fully saturated rings. The van der Waals surface area contributed by atoms with E-state index >= 15 is 0 Å². The second-order valence-corrected chi connectivity index (χ2v) is 6.04. The normalized spacial score (nSPS) is 10.8. The van der Waals surface area contributed by atoms with E-state index in [1.807, 2.05) is 0 Å². The summed E-state index contributed by atoms with van der Waals surface area (Å²) in [7, 11) is 1.59. The van der Waals surface area contributed by atoms with Crippen LogP contribution in [-0.2, 0) is 11.3 Å². The van der Waals surface area contributed by atoms with Crippen LogP contribution in [0.4, 0.5) is 5.69 Å². The molecular weight excluding hydrogens is 342 g/mol. The standard InChI is InChI=1S/C16H17N5O3S/c1-24-12-4-2-11(3-5-12)20-14(23)9-25-16-13-8-19-21(6-7-22)15(13)17-10-18-16/h2-5,8,10,22H,6-7,9H2,1H3,(H,20,23). The van der Waals surface area contributed by atoms with Crippen molar-refractivity contribution in [2.45, 2.75) is 11.6 Å². The molecule has 25 heavy (non-hydrogen) atoms. The molecule has 0 saturated heterocycles. The molecule has 9 heteroatoms. The monoisotopic (exact) mass is 359 g/mol. The lowest BCUT2D eigenvalue weighted by atomic mass is 10.3. The van der Waals surface area contributed by atoms with Crippen molar-refractivity contribution in [3.8, 4) is 5.75 Å². The fourth-order valence-corrected chi connectivity index (χ4v) is 3.01. The Labute approximate surface area is 148 Å². The summed E-state index contributed by atoms with van der Waals surface area (Å²) in [6.45, 7) is 0.343. The highest BCUT2D eigenvalue weighted by molar-refractivity contribution is 8.00. The smallest absolute Gasteiger partial charge is 0.234 e. The molecule has 0 aliphatic carbocycles. The van der Waals surface area contributed by atoms with Gasteiger partial charge in [-0.05, 0) is 24.3 Å². The van der Waals surface area contributed by atoms with Crippen LogP contribution in [0.1, 0.15) is 0 Å². The largest absolute Gasteiger partial charge is 0.497 e. The van der Waals surface area contributed by atoms with E-state index in [0.717, 1.165) is 11.1 Å². The van der Waals surface area contributed by atoms with E-state index in [1.54, 1.807) is 42.3 Å². The molecule has 0 bridgehead atoms. The number of nitrogens with zero attached hydrogens (tertiary/aromatic N) is 4. The summed E-state index contributed by atoms with van der Waals surface area (Å²) in [5, 5.41) is 17.5. The molecule has 0 aliphatic heterocycles. The molecule has 8 nitrogen and oxygen atoms in total. The van der Waals surface area contributed by atoms with Crippen LogP contribution in [0.15, 0.2) is 41.8 Å². The minimum atomic E-state index is -0.135. The third kappa shape index (κ3) is 4.06. The van der Waals surface area contributed by atoms with Crippen molar-refractivity contribution in [1.82, 2.24) is 19.7 Å². The summed E-state index contributed by atoms with van der Waals surface area (Å²) in [4.78, 5) is 20.5. The Bertz CT molecular complexity index is 866. The molecule has 130 valence electrons. The Morgan fingerprint density at radius 2 is 2.12 bits per heavy atom. The lowest BCUT2D eigenvalue weighted by Gasteiger charge is -2.06. The van der Waals surface area contributed by atoms with Gasteiger partial charge in [-0.15, -0.1) is 0 Å². The SMILES string of the molecule is COc1ccc(NC(=O)CSc2ncnc3c2cnn3CCO)cc1. The van der Waals surface area contributed by atoms with Gasteiger partial charge in [-0.3, -0.25) is 4.79 Å². The zero-order chi connectivity index (χ0) is 17.6. The van der Waals surface area contributed by atoms with Crippen LogP contribution in [0.2, 0.25) is 0 Å². The highest BCUT2D eigenvalue weighted by atomic mass is 32.2. The van der Waals surface area contributed by atoms with Crippen molar-refractivity contribution in [2.24, 2.45) is 0 Å². The van der Waals surface area contributed by atoms with E-state index in [4.69, 9.17) is 9.84 Å². The second-order valence-electron chi connectivity index (χ2n) is 5.07. The summed E-state index contributed by atoms with van der Waals surface area (Å²) in [5.74, 6) is 0.809. The molecule has 0 spiro atoms. The second kappa shape index (κ2) is 7.95. The van der Waals surface area contributed by atoms with Gasteiger partial charge in [-0.1, -0.05) is 11.8 Å². The fourth-order valence-electron chi connectivity index (χ4n) is 2.25. The summed E-state index contributed by atoms with van der Waals surface area (Å²) >= 11 is 1.31. The molecule has 0 radical (unpaired) electrons. The molecule has 0 saturated carbocycles. The summed E-state index contributed by atoms with van der Waals surface area (Å²) < 4.78 is 6.69. The number of nitrogens with one attached hydrogen (secondary N) is 1. The number of anilines is 1. The van der Waals surface area contributed by atoms with Gasteiger partial charge in [0.2, 0.25) is 5.91 Å². The number of methoxy groups -OCH3 is 1. The number of ether oxygens (including phenoxy) is 1. The minimum Gasteiger partial charge on any atom is -0.497 e. The lowest BCUT2D eigenvalue weighted by Crippen LogP contribution is -2.14. The summed E-state index contributed by atoms with van der Waals surface area (Å²) in [6, 6.07) is 7.13. The van der Waals surface area contributed by atoms with E-state index in [1.165, 1.54) is 18.1 Å². The van der Waals surface area contributed by atoms with Gasteiger partial charge >= 0.3 is 0 Å². The molecule has 0 aliphatic rings. The first-order valence-electron chi connectivity index (χ1n) is 7.55. The van der Waals surface area contributed by atoms with Crippen molar-refractivity contribution < 1.29 is 14.6 Å². The maximum atomic E-state index is 12.1. The zero-order valence-corrected chi connectivity index (χ0v) is 14.4. The summed E-state index contributed by atoms with van der Waals surface area (Å²) in [5.41, 5.74) is 1.34. The van der Waals surface area contributed by atoms with Crippen LogP contribution < -0.4 is 10.1 Å². The van der Waals surface area contributed by atoms with E-state index in [9.17, 15) is 4.79 Å². The van der Waals surface area contributed by atoms with Gasteiger partial charge in [0.05, 0.1) is 37.6 Å². The van der Waals surface area contributed by atoms with E-state index in [0.29, 0.717) is 22.9 Å². The molecule has 3 aromatic rings. The minimum absolute atomic E-state index is 0.0203. The molecule has 0 atom stereocenters. The zero-order valence-electron chi connectivity index (χ0n) is 13.5. The number of aromatic nitrogens is 4. The first-order valence-corrected chi connectivity index (χ1v) is 8.54. The number of thioether (sulfide) groups is 1. The number of hydrogen-bond donors (Lipinski definition) is 2. The van der Waals surface area contributed by atoms with E-state index in [2.05, 4.69) is 20.4 Å². The van der Waals surface area contributed by atoms with Gasteiger partial charge in [0.25, 0.3) is 0 Å². The Balaban J connectivity index is 1.64. The third-order valence-electron chi connectivity index (χ3n) is 3.42. The molecule has 2 aromatic heterocycles. The molecule has 1 amide bonds. The maximum absolute atomic E-state index is 12.1. The van der Waals surface area contributed by atoms with Gasteiger partial charge in [0, 0.05) is 5.69 Å². The van der Waals surface area contributed by atoms with Crippen LogP contribution in [0.3, 0.4) is 0 Å². The first kappa shape index (κ1) is 17.2. The van der Waals surface area contributed by atoms with Crippen molar-refractivity contribution in [3.05, 3.63) is 36.8 Å². The Morgan fingerprint density at radius 3 is 2.84 bits per heavy atom. The molecule has 2 heterocycles. The average molecular weight is 359 g/mol. The maximum Gasteiger partial charge on any atom is 0.234 e. The van der Waals surface area contributed by atoms with Crippen LogP contribution in [0, 0.1) is 0 Å². The van der Waals surface area contributed by atoms with Gasteiger partial charge in [-0.2, -0.15) is 5.10 Å². The number of fused-ring (bicyclic) bond motifs is 1. The van der Waals surface area contributed by atoms with Crippen LogP contribution >= 0.6 is 11.8 Å². The van der Waals surface area contributed by atoms with Crippen LogP contribution in [0.5, 0.6) is 5.75 Å². The highest BCUT2D eigenvalue weighted by Gasteiger charge is 2.12. The number of carbonyl (C=O) groups excluding carboxylic acids is 1. The van der Waals surface area contributed by atoms with Crippen molar-refractivity contribution >= 4 is 34.4 Å². The van der Waals surface area contributed by atoms with Gasteiger partial charge in [0.1, 0.15) is 17.1 Å². The van der Waals surface area contributed by atoms with Crippen LogP contribution in [0.25, 0.3) is 11.0 Å². The number of hydrogen-bond acceptors (Lipinski definition) is 7. The first-order chi connectivity index (χ1) is 12.2. The molecular formula is C16H17N5O3S. The Kier molecular flexibility index (Phi) is 5.46.